The molecular weight excluding hydrogens is 507 g/mol. The summed E-state index contributed by atoms with van der Waals surface area (Å²) in [6.07, 6.45) is 10.6. The zero-order chi connectivity index (χ0) is 27.7. The number of carbonyl (C=O) groups excluding carboxylic acids is 1. The Balaban J connectivity index is 0.00000202. The predicted molar refractivity (Wildman–Crippen MR) is 155 cm³/mol. The molecule has 2 aliphatic carbocycles. The van der Waals surface area contributed by atoms with E-state index in [1.165, 1.54) is 5.57 Å². The Morgan fingerprint density at radius 3 is 2.88 bits per heavy atom. The van der Waals surface area contributed by atoms with Gasteiger partial charge in [0.25, 0.3) is 0 Å². The van der Waals surface area contributed by atoms with Crippen LogP contribution in [0.5, 0.6) is 0 Å². The van der Waals surface area contributed by atoms with E-state index in [-0.39, 0.29) is 32.5 Å². The largest absolute Gasteiger partial charge is 0.378 e. The fourth-order valence-corrected chi connectivity index (χ4v) is 7.29. The highest BCUT2D eigenvalue weighted by Crippen LogP contribution is 2.45. The number of allylic oxidation sites excluding steroid dienone is 3. The van der Waals surface area contributed by atoms with Crippen LogP contribution in [0.3, 0.4) is 0 Å². The summed E-state index contributed by atoms with van der Waals surface area (Å²) in [5.74, 6) is -0.133. The lowest BCUT2D eigenvalue weighted by molar-refractivity contribution is -0.124. The molecule has 1 amide bonds. The van der Waals surface area contributed by atoms with Gasteiger partial charge in [-0.25, -0.2) is 4.39 Å². The molecule has 2 bridgehead atoms. The summed E-state index contributed by atoms with van der Waals surface area (Å²) >= 11 is 0. The second-order valence-electron chi connectivity index (χ2n) is 12.6. The number of carbonyl (C=O) groups is 1. The molecule has 6 rings (SSSR count). The van der Waals surface area contributed by atoms with Crippen molar-refractivity contribution in [2.75, 3.05) is 39.5 Å². The summed E-state index contributed by atoms with van der Waals surface area (Å²) in [7, 11) is 0. The van der Waals surface area contributed by atoms with Crippen LogP contribution in [0.1, 0.15) is 59.4 Å². The number of amides is 1. The molecule has 218 valence electrons. The maximum Gasteiger partial charge on any atom is 0.238 e. The van der Waals surface area contributed by atoms with Crippen LogP contribution in [0.25, 0.3) is 5.57 Å². The number of ether oxygens (including phenoxy) is 2. The summed E-state index contributed by atoms with van der Waals surface area (Å²) in [5, 5.41) is 15.9. The number of nitrogens with one attached hydrogen (secondary N) is 2. The Labute approximate surface area is 239 Å². The van der Waals surface area contributed by atoms with Gasteiger partial charge in [0.15, 0.2) is 0 Å². The molecular formula is C32H45FN4O3. The van der Waals surface area contributed by atoms with E-state index in [1.807, 2.05) is 6.07 Å². The first-order valence-electron chi connectivity index (χ1n) is 15.0. The summed E-state index contributed by atoms with van der Waals surface area (Å²) < 4.78 is 26.9. The molecule has 1 saturated carbocycles. The van der Waals surface area contributed by atoms with Crippen LogP contribution in [0, 0.1) is 28.5 Å². The fourth-order valence-electron chi connectivity index (χ4n) is 7.29. The number of hydrogen-bond donors (Lipinski definition) is 2. The van der Waals surface area contributed by atoms with E-state index in [0.29, 0.717) is 30.2 Å². The molecule has 40 heavy (non-hydrogen) atoms. The maximum absolute atomic E-state index is 15.4. The third-order valence-corrected chi connectivity index (χ3v) is 9.90. The van der Waals surface area contributed by atoms with Gasteiger partial charge in [-0.05, 0) is 84.7 Å². The molecule has 4 fully saturated rings. The normalized spacial score (nSPS) is 31.8. The van der Waals surface area contributed by atoms with Crippen LogP contribution >= 0.6 is 0 Å². The van der Waals surface area contributed by atoms with Crippen LogP contribution in [0.15, 0.2) is 35.9 Å². The second-order valence-corrected chi connectivity index (χ2v) is 12.6. The Kier molecular flexibility index (Phi) is 8.09. The van der Waals surface area contributed by atoms with Crippen molar-refractivity contribution in [3.8, 4) is 6.07 Å². The van der Waals surface area contributed by atoms with E-state index in [2.05, 4.69) is 40.7 Å². The molecule has 0 aromatic heterocycles. The highest BCUT2D eigenvalue weighted by atomic mass is 19.1. The molecule has 2 N–H and O–H groups in total. The zero-order valence-corrected chi connectivity index (χ0v) is 23.5. The van der Waals surface area contributed by atoms with Gasteiger partial charge >= 0.3 is 0 Å². The van der Waals surface area contributed by atoms with Gasteiger partial charge in [0.1, 0.15) is 11.9 Å². The number of piperidine rings is 1. The van der Waals surface area contributed by atoms with Gasteiger partial charge in [0, 0.05) is 21.9 Å². The summed E-state index contributed by atoms with van der Waals surface area (Å²) in [6.45, 7) is 7.27. The molecule has 3 saturated heterocycles. The fraction of sp³-hybridized carbons (Fsp3) is 0.625. The number of nitrogens with zero attached hydrogens (tertiary/aromatic N) is 2. The standard InChI is InChI=1S/C32H41FN4O3.2H2/c1-32-9-2-10-37(28-19-40-20-28)11-12-39-18-25(32)7-5-24(16-32)21-3-4-22(29(33)15-21)13-27(17-34)36-31(38)30-23-6-8-26(14-23)35-30;;/h3-5,7,15,23,26-28,30,35H,2,6,8-14,16,18-20H2,1H3,(H,36,38);2*1H/t23?,26-,27+,30+,32?;;/m1../s1. The van der Waals surface area contributed by atoms with Crippen molar-refractivity contribution in [3.05, 3.63) is 52.9 Å². The van der Waals surface area contributed by atoms with Crippen molar-refractivity contribution in [3.63, 3.8) is 0 Å². The number of hydrogen-bond acceptors (Lipinski definition) is 6. The first kappa shape index (κ1) is 27.6. The molecule has 2 unspecified atom stereocenters. The van der Waals surface area contributed by atoms with Crippen molar-refractivity contribution in [1.82, 2.24) is 15.5 Å². The van der Waals surface area contributed by atoms with Gasteiger partial charge in [-0.2, -0.15) is 5.26 Å². The molecule has 5 atom stereocenters. The van der Waals surface area contributed by atoms with Crippen molar-refractivity contribution >= 4 is 11.5 Å². The Hall–Kier alpha value is -2.57. The lowest BCUT2D eigenvalue weighted by atomic mass is 9.70. The minimum absolute atomic E-state index is 0. The second kappa shape index (κ2) is 11.7. The first-order chi connectivity index (χ1) is 19.4. The lowest BCUT2D eigenvalue weighted by Gasteiger charge is -2.41. The van der Waals surface area contributed by atoms with Crippen molar-refractivity contribution in [2.45, 2.75) is 76.0 Å². The van der Waals surface area contributed by atoms with E-state index < -0.39 is 6.04 Å². The van der Waals surface area contributed by atoms with Crippen molar-refractivity contribution in [1.29, 1.82) is 5.26 Å². The lowest BCUT2D eigenvalue weighted by Crippen LogP contribution is -2.50. The van der Waals surface area contributed by atoms with E-state index in [0.717, 1.165) is 82.6 Å². The molecule has 1 aromatic rings. The zero-order valence-electron chi connectivity index (χ0n) is 23.5. The molecule has 3 heterocycles. The van der Waals surface area contributed by atoms with Gasteiger partial charge < -0.3 is 20.1 Å². The van der Waals surface area contributed by atoms with Gasteiger partial charge in [0.05, 0.1) is 44.6 Å². The predicted octanol–water partition coefficient (Wildman–Crippen LogP) is 4.24. The van der Waals surface area contributed by atoms with Crippen LogP contribution in [-0.4, -0.2) is 74.5 Å². The Bertz CT molecular complexity index is 1230. The summed E-state index contributed by atoms with van der Waals surface area (Å²) in [4.78, 5) is 15.3. The minimum Gasteiger partial charge on any atom is -0.378 e. The molecule has 5 aliphatic rings. The van der Waals surface area contributed by atoms with Crippen LogP contribution in [-0.2, 0) is 20.7 Å². The monoisotopic (exact) mass is 552 g/mol. The van der Waals surface area contributed by atoms with Gasteiger partial charge in [0.2, 0.25) is 5.91 Å². The highest BCUT2D eigenvalue weighted by molar-refractivity contribution is 5.83. The van der Waals surface area contributed by atoms with Crippen LogP contribution in [0.4, 0.5) is 4.39 Å². The minimum atomic E-state index is -0.763. The Morgan fingerprint density at radius 1 is 1.30 bits per heavy atom. The molecule has 0 radical (unpaired) electrons. The highest BCUT2D eigenvalue weighted by Gasteiger charge is 2.43. The number of rotatable bonds is 6. The number of benzene rings is 1. The summed E-state index contributed by atoms with van der Waals surface area (Å²) in [6, 6.07) is 7.40. The third kappa shape index (κ3) is 5.75. The smallest absolute Gasteiger partial charge is 0.238 e. The quantitative estimate of drug-likeness (QED) is 0.549. The molecule has 0 spiro atoms. The average Bonchev–Trinajstić information content (AvgIpc) is 3.55. The third-order valence-electron chi connectivity index (χ3n) is 9.90. The van der Waals surface area contributed by atoms with Gasteiger partial charge in [-0.15, -0.1) is 0 Å². The average molecular weight is 553 g/mol. The maximum atomic E-state index is 15.4. The van der Waals surface area contributed by atoms with Crippen molar-refractivity contribution < 1.29 is 21.5 Å². The first-order valence-corrected chi connectivity index (χ1v) is 15.0. The number of nitriles is 1. The van der Waals surface area contributed by atoms with E-state index >= 15 is 4.39 Å². The molecule has 7 nitrogen and oxygen atoms in total. The topological polar surface area (TPSA) is 86.6 Å². The van der Waals surface area contributed by atoms with Crippen LogP contribution in [0.2, 0.25) is 0 Å². The molecule has 3 aliphatic heterocycles. The number of fused-ring (bicyclic) bond motifs is 3. The van der Waals surface area contributed by atoms with E-state index in [4.69, 9.17) is 9.47 Å². The summed E-state index contributed by atoms with van der Waals surface area (Å²) in [5.41, 5.74) is 3.70. The Morgan fingerprint density at radius 2 is 2.17 bits per heavy atom. The molecule has 1 aromatic carbocycles. The number of halogens is 1. The van der Waals surface area contributed by atoms with Gasteiger partial charge in [-0.3, -0.25) is 9.69 Å². The van der Waals surface area contributed by atoms with E-state index in [1.54, 1.807) is 12.1 Å². The SMILES string of the molecule is CC12CCCN(C3COC3)CCOCC1=CC=C(c1ccc(C[C@@H](C#N)NC(=O)[C@H]3N[C@@H]4CCC3C4)c(F)c1)C2.[HH].[HH]. The van der Waals surface area contributed by atoms with E-state index in [9.17, 15) is 10.1 Å². The van der Waals surface area contributed by atoms with Crippen molar-refractivity contribution in [2.24, 2.45) is 11.3 Å². The van der Waals surface area contributed by atoms with Gasteiger partial charge in [-0.1, -0.05) is 31.2 Å². The van der Waals surface area contributed by atoms with Crippen LogP contribution < -0.4 is 10.6 Å². The molecule has 8 heteroatoms.